The molecule has 1 N–H and O–H groups in total. The summed E-state index contributed by atoms with van der Waals surface area (Å²) in [6, 6.07) is 4.58. The number of benzene rings is 1. The molecule has 1 fully saturated rings. The molecule has 4 nitrogen and oxygen atoms in total. The number of likely N-dealkylation sites (tertiary alicyclic amines) is 1. The molecule has 0 aromatic heterocycles. The molecule has 0 spiro atoms. The van der Waals surface area contributed by atoms with Crippen LogP contribution in [-0.2, 0) is 16.6 Å². The van der Waals surface area contributed by atoms with Crippen molar-refractivity contribution >= 4 is 0 Å². The quantitative estimate of drug-likeness (QED) is 0.904. The summed E-state index contributed by atoms with van der Waals surface area (Å²) < 4.78 is 11.1. The minimum Gasteiger partial charge on any atom is -0.504 e. The van der Waals surface area contributed by atoms with E-state index in [2.05, 4.69) is 24.9 Å². The molecule has 1 aromatic rings. The van der Waals surface area contributed by atoms with Crippen molar-refractivity contribution in [3.8, 4) is 11.5 Å². The third kappa shape index (κ3) is 1.95. The van der Waals surface area contributed by atoms with Crippen LogP contribution in [0.25, 0.3) is 0 Å². The average molecular weight is 329 g/mol. The van der Waals surface area contributed by atoms with Gasteiger partial charge in [-0.25, -0.2) is 0 Å². The van der Waals surface area contributed by atoms with Crippen LogP contribution >= 0.6 is 0 Å². The number of phenolic OH excluding ortho intramolecular Hbond substituents is 1. The zero-order valence-corrected chi connectivity index (χ0v) is 15.1. The van der Waals surface area contributed by atoms with Crippen LogP contribution in [0.15, 0.2) is 23.5 Å². The first-order chi connectivity index (χ1) is 11.5. The van der Waals surface area contributed by atoms with Crippen molar-refractivity contribution in [3.63, 3.8) is 0 Å². The normalized spacial score (nSPS) is 32.2. The largest absolute Gasteiger partial charge is 0.504 e. The van der Waals surface area contributed by atoms with Crippen molar-refractivity contribution in [1.29, 1.82) is 0 Å². The number of piperidine rings is 1. The highest BCUT2D eigenvalue weighted by atomic mass is 16.5. The molecule has 3 atom stereocenters. The Hall–Kier alpha value is -1.68. The molecule has 4 rings (SSSR count). The van der Waals surface area contributed by atoms with Crippen molar-refractivity contribution in [1.82, 2.24) is 4.90 Å². The molecule has 2 bridgehead atoms. The van der Waals surface area contributed by atoms with Gasteiger partial charge in [-0.15, -0.1) is 0 Å². The first kappa shape index (κ1) is 15.8. The number of nitrogens with zero attached hydrogens (tertiary/aromatic N) is 1. The summed E-state index contributed by atoms with van der Waals surface area (Å²) in [6.45, 7) is 3.26. The third-order valence-corrected chi connectivity index (χ3v) is 6.73. The maximum absolute atomic E-state index is 11.0. The van der Waals surface area contributed by atoms with Crippen LogP contribution in [0.4, 0.5) is 0 Å². The van der Waals surface area contributed by atoms with E-state index in [1.165, 1.54) is 11.1 Å². The van der Waals surface area contributed by atoms with Gasteiger partial charge in [0, 0.05) is 23.4 Å². The number of hydrogen-bond acceptors (Lipinski definition) is 4. The Labute approximate surface area is 144 Å². The minimum atomic E-state index is 0.00942. The van der Waals surface area contributed by atoms with E-state index in [1.807, 2.05) is 6.07 Å². The smallest absolute Gasteiger partial charge is 0.161 e. The van der Waals surface area contributed by atoms with Crippen molar-refractivity contribution in [2.24, 2.45) is 5.92 Å². The van der Waals surface area contributed by atoms with Crippen molar-refractivity contribution in [2.45, 2.75) is 44.1 Å². The van der Waals surface area contributed by atoms with E-state index in [0.29, 0.717) is 23.5 Å². The fraction of sp³-hybridized carbons (Fsp3) is 0.600. The summed E-state index contributed by atoms with van der Waals surface area (Å²) in [6.07, 6.45) is 4.00. The number of aromatic hydroxyl groups is 1. The summed E-state index contributed by atoms with van der Waals surface area (Å²) in [5.74, 6) is 2.58. The van der Waals surface area contributed by atoms with Gasteiger partial charge in [-0.3, -0.25) is 0 Å². The maximum Gasteiger partial charge on any atom is 0.161 e. The van der Waals surface area contributed by atoms with Gasteiger partial charge in [0.1, 0.15) is 0 Å². The summed E-state index contributed by atoms with van der Waals surface area (Å²) in [5.41, 5.74) is 3.77. The van der Waals surface area contributed by atoms with Crippen LogP contribution in [0.2, 0.25) is 0 Å². The number of likely N-dealkylation sites (N-methyl/N-ethyl adjacent to an activating group) is 1. The molecule has 0 amide bonds. The van der Waals surface area contributed by atoms with E-state index in [-0.39, 0.29) is 5.41 Å². The lowest BCUT2D eigenvalue weighted by Crippen LogP contribution is -2.60. The SMILES string of the molecule is COC1=C(C)CC23CCN(C)C(Cc4ccc(OC)c(O)c42)C3C1. The highest BCUT2D eigenvalue weighted by Crippen LogP contribution is 2.59. The topological polar surface area (TPSA) is 41.9 Å². The first-order valence-electron chi connectivity index (χ1n) is 8.84. The van der Waals surface area contributed by atoms with Crippen LogP contribution in [0, 0.1) is 5.92 Å². The molecular formula is C20H27NO3. The Morgan fingerprint density at radius 1 is 1.21 bits per heavy atom. The Kier molecular flexibility index (Phi) is 3.57. The number of hydrogen-bond donors (Lipinski definition) is 1. The van der Waals surface area contributed by atoms with E-state index < -0.39 is 0 Å². The molecule has 130 valence electrons. The van der Waals surface area contributed by atoms with E-state index in [0.717, 1.165) is 43.6 Å². The maximum atomic E-state index is 11.0. The average Bonchev–Trinajstić information content (AvgIpc) is 2.57. The van der Waals surface area contributed by atoms with E-state index in [1.54, 1.807) is 14.2 Å². The minimum absolute atomic E-state index is 0.00942. The van der Waals surface area contributed by atoms with Gasteiger partial charge < -0.3 is 19.5 Å². The van der Waals surface area contributed by atoms with Crippen LogP contribution in [0.5, 0.6) is 11.5 Å². The predicted octanol–water partition coefficient (Wildman–Crippen LogP) is 3.23. The molecule has 0 radical (unpaired) electrons. The molecule has 3 unspecified atom stereocenters. The van der Waals surface area contributed by atoms with Crippen LogP contribution in [0.3, 0.4) is 0 Å². The Balaban J connectivity index is 1.94. The lowest BCUT2D eigenvalue weighted by Gasteiger charge is -2.58. The van der Waals surface area contributed by atoms with Gasteiger partial charge in [0.25, 0.3) is 0 Å². The number of allylic oxidation sites excluding steroid dienone is 2. The van der Waals surface area contributed by atoms with Crippen molar-refractivity contribution < 1.29 is 14.6 Å². The second-order valence-electron chi connectivity index (χ2n) is 7.70. The molecular weight excluding hydrogens is 302 g/mol. The van der Waals surface area contributed by atoms with Crippen LogP contribution < -0.4 is 4.74 Å². The summed E-state index contributed by atoms with van der Waals surface area (Å²) in [4.78, 5) is 2.50. The van der Waals surface area contributed by atoms with Crippen LogP contribution in [0.1, 0.15) is 37.3 Å². The molecule has 0 saturated carbocycles. The van der Waals surface area contributed by atoms with Gasteiger partial charge in [-0.05, 0) is 62.9 Å². The van der Waals surface area contributed by atoms with E-state index >= 15 is 0 Å². The monoisotopic (exact) mass is 329 g/mol. The highest BCUT2D eigenvalue weighted by molar-refractivity contribution is 5.57. The lowest BCUT2D eigenvalue weighted by atomic mass is 9.52. The van der Waals surface area contributed by atoms with Crippen LogP contribution in [-0.4, -0.2) is 43.9 Å². The molecule has 24 heavy (non-hydrogen) atoms. The zero-order valence-electron chi connectivity index (χ0n) is 15.1. The summed E-state index contributed by atoms with van der Waals surface area (Å²) in [5, 5.41) is 11.0. The van der Waals surface area contributed by atoms with Crippen molar-refractivity contribution in [2.75, 3.05) is 27.8 Å². The Morgan fingerprint density at radius 2 is 2.00 bits per heavy atom. The number of fused-ring (bicyclic) bond motifs is 1. The Morgan fingerprint density at radius 3 is 2.71 bits per heavy atom. The lowest BCUT2D eigenvalue weighted by molar-refractivity contribution is 0.0116. The molecule has 2 aliphatic carbocycles. The molecule has 1 aromatic carbocycles. The first-order valence-corrected chi connectivity index (χ1v) is 8.84. The predicted molar refractivity (Wildman–Crippen MR) is 93.5 cm³/mol. The van der Waals surface area contributed by atoms with Gasteiger partial charge >= 0.3 is 0 Å². The standard InChI is InChI=1S/C20H27NO3/c1-12-11-20-7-8-21(2)15(14(20)10-17(12)24-4)9-13-5-6-16(23-3)19(22)18(13)20/h5-6,14-15,22H,7-11H2,1-4H3. The van der Waals surface area contributed by atoms with Crippen molar-refractivity contribution in [3.05, 3.63) is 34.6 Å². The highest BCUT2D eigenvalue weighted by Gasteiger charge is 2.56. The number of rotatable bonds is 2. The summed E-state index contributed by atoms with van der Waals surface area (Å²) >= 11 is 0. The zero-order chi connectivity index (χ0) is 17.1. The van der Waals surface area contributed by atoms with Gasteiger partial charge in [-0.2, -0.15) is 0 Å². The molecule has 1 heterocycles. The van der Waals surface area contributed by atoms with Gasteiger partial charge in [-0.1, -0.05) is 6.07 Å². The molecule has 3 aliphatic rings. The second kappa shape index (κ2) is 5.41. The van der Waals surface area contributed by atoms with Gasteiger partial charge in [0.2, 0.25) is 0 Å². The number of methoxy groups -OCH3 is 2. The van der Waals surface area contributed by atoms with Gasteiger partial charge in [0.15, 0.2) is 11.5 Å². The summed E-state index contributed by atoms with van der Waals surface area (Å²) in [7, 11) is 5.65. The fourth-order valence-electron chi connectivity index (χ4n) is 5.58. The van der Waals surface area contributed by atoms with E-state index in [4.69, 9.17) is 9.47 Å². The van der Waals surface area contributed by atoms with E-state index in [9.17, 15) is 5.11 Å². The third-order valence-electron chi connectivity index (χ3n) is 6.73. The molecule has 1 aliphatic heterocycles. The number of phenols is 1. The van der Waals surface area contributed by atoms with Gasteiger partial charge in [0.05, 0.1) is 20.0 Å². The molecule has 4 heteroatoms. The molecule has 1 saturated heterocycles. The number of ether oxygens (including phenoxy) is 2. The fourth-order valence-corrected chi connectivity index (χ4v) is 5.58. The Bertz CT molecular complexity index is 711. The second-order valence-corrected chi connectivity index (χ2v) is 7.70.